The van der Waals surface area contributed by atoms with Crippen LogP contribution in [0.1, 0.15) is 330 Å². The SMILES string of the molecule is CCCCCC/C=C\C=C/CCCCCCCC(=O)OC[C@H](COP(=O)(O)OC[C@@H](O)COP(=O)(O)OC[C@@H](COC(=O)CCCCCCCCCCCCC)OC(=O)CCCCCCCCCCC(C)C)OC(=O)CCCCCCC/C=C\C=C/CCCCCC. The van der Waals surface area contributed by atoms with Gasteiger partial charge < -0.3 is 33.8 Å². The van der Waals surface area contributed by atoms with Gasteiger partial charge in [-0.3, -0.25) is 37.3 Å². The van der Waals surface area contributed by atoms with E-state index in [0.717, 1.165) is 122 Å². The number of hydrogen-bond donors (Lipinski definition) is 3. The normalized spacial score (nSPS) is 14.4. The Bertz CT molecular complexity index is 1960. The molecule has 0 aromatic rings. The number of unbranched alkanes of at least 4 members (excludes halogenated alkanes) is 35. The Morgan fingerprint density at radius 2 is 0.587 bits per heavy atom. The van der Waals surface area contributed by atoms with Gasteiger partial charge in [0.1, 0.15) is 19.3 Å². The molecule has 17 nitrogen and oxygen atoms in total. The van der Waals surface area contributed by atoms with Gasteiger partial charge in [0.05, 0.1) is 26.4 Å². The summed E-state index contributed by atoms with van der Waals surface area (Å²) >= 11 is 0. The number of phosphoric ester groups is 2. The van der Waals surface area contributed by atoms with Crippen molar-refractivity contribution >= 4 is 39.5 Å². The van der Waals surface area contributed by atoms with E-state index in [1.807, 2.05) is 0 Å². The molecule has 0 amide bonds. The maximum Gasteiger partial charge on any atom is 0.472 e. The highest BCUT2D eigenvalue weighted by molar-refractivity contribution is 7.47. The number of aliphatic hydroxyl groups is 1. The van der Waals surface area contributed by atoms with Crippen molar-refractivity contribution in [2.45, 2.75) is 348 Å². The number of ether oxygens (including phenoxy) is 4. The second kappa shape index (κ2) is 65.3. The number of phosphoric acid groups is 2. The number of esters is 4. The molecule has 0 spiro atoms. The van der Waals surface area contributed by atoms with Crippen molar-refractivity contribution in [2.75, 3.05) is 39.6 Å². The lowest BCUT2D eigenvalue weighted by molar-refractivity contribution is -0.161. The molecule has 2 unspecified atom stereocenters. The summed E-state index contributed by atoms with van der Waals surface area (Å²) in [5.41, 5.74) is 0. The Morgan fingerprint density at radius 3 is 0.891 bits per heavy atom. The Hall–Kier alpha value is -2.98. The first-order valence-electron chi connectivity index (χ1n) is 36.8. The van der Waals surface area contributed by atoms with Crippen molar-refractivity contribution in [3.05, 3.63) is 48.6 Å². The first kappa shape index (κ1) is 89.0. The van der Waals surface area contributed by atoms with Gasteiger partial charge >= 0.3 is 39.5 Å². The number of carbonyl (C=O) groups is 4. The fraction of sp³-hybridized carbons (Fsp3) is 0.836. The summed E-state index contributed by atoms with van der Waals surface area (Å²) in [6.45, 7) is 7.08. The molecule has 0 saturated heterocycles. The van der Waals surface area contributed by atoms with Gasteiger partial charge in [0.15, 0.2) is 12.2 Å². The highest BCUT2D eigenvalue weighted by atomic mass is 31.2. The zero-order chi connectivity index (χ0) is 67.7. The summed E-state index contributed by atoms with van der Waals surface area (Å²) in [4.78, 5) is 72.6. The maximum atomic E-state index is 13.0. The first-order valence-corrected chi connectivity index (χ1v) is 39.8. The Morgan fingerprint density at radius 1 is 0.337 bits per heavy atom. The molecule has 0 heterocycles. The highest BCUT2D eigenvalue weighted by Gasteiger charge is 2.30. The summed E-state index contributed by atoms with van der Waals surface area (Å²) in [5.74, 6) is -1.47. The number of aliphatic hydroxyl groups excluding tert-OH is 1. The van der Waals surface area contributed by atoms with E-state index in [4.69, 9.17) is 37.0 Å². The monoisotopic (exact) mass is 1340 g/mol. The molecule has 0 aromatic carbocycles. The average molecular weight is 1350 g/mol. The van der Waals surface area contributed by atoms with Crippen molar-refractivity contribution in [3.8, 4) is 0 Å². The van der Waals surface area contributed by atoms with E-state index < -0.39 is 97.5 Å². The summed E-state index contributed by atoms with van der Waals surface area (Å²) in [6, 6.07) is 0. The van der Waals surface area contributed by atoms with Gasteiger partial charge in [-0.25, -0.2) is 9.13 Å². The van der Waals surface area contributed by atoms with Crippen LogP contribution in [0.4, 0.5) is 0 Å². The van der Waals surface area contributed by atoms with E-state index >= 15 is 0 Å². The Labute approximate surface area is 559 Å². The van der Waals surface area contributed by atoms with Crippen molar-refractivity contribution in [1.82, 2.24) is 0 Å². The molecule has 92 heavy (non-hydrogen) atoms. The predicted molar refractivity (Wildman–Crippen MR) is 372 cm³/mol. The molecule has 0 aromatic heterocycles. The van der Waals surface area contributed by atoms with Crippen molar-refractivity contribution < 1.29 is 80.2 Å². The van der Waals surface area contributed by atoms with Gasteiger partial charge in [0.2, 0.25) is 0 Å². The number of hydrogen-bond acceptors (Lipinski definition) is 15. The molecule has 0 radical (unpaired) electrons. The Kier molecular flexibility index (Phi) is 63.2. The minimum Gasteiger partial charge on any atom is -0.462 e. The molecule has 5 atom stereocenters. The van der Waals surface area contributed by atoms with E-state index in [1.165, 1.54) is 122 Å². The van der Waals surface area contributed by atoms with E-state index in [-0.39, 0.29) is 25.7 Å². The third-order valence-corrected chi connectivity index (χ3v) is 17.7. The van der Waals surface area contributed by atoms with Gasteiger partial charge in [-0.05, 0) is 83.0 Å². The minimum atomic E-state index is -4.97. The average Bonchev–Trinajstić information content (AvgIpc) is 1.98. The molecule has 0 fully saturated rings. The van der Waals surface area contributed by atoms with E-state index in [9.17, 15) is 43.2 Å². The first-order chi connectivity index (χ1) is 44.5. The number of carbonyl (C=O) groups excluding carboxylic acids is 4. The van der Waals surface area contributed by atoms with E-state index in [0.29, 0.717) is 31.6 Å². The highest BCUT2D eigenvalue weighted by Crippen LogP contribution is 2.45. The third kappa shape index (κ3) is 65.7. The lowest BCUT2D eigenvalue weighted by Crippen LogP contribution is -2.30. The maximum absolute atomic E-state index is 13.0. The van der Waals surface area contributed by atoms with Crippen LogP contribution < -0.4 is 0 Å². The van der Waals surface area contributed by atoms with Crippen LogP contribution in [-0.4, -0.2) is 96.7 Å². The summed E-state index contributed by atoms with van der Waals surface area (Å²) in [5, 5.41) is 10.6. The Balaban J connectivity index is 5.32. The molecular formula is C73H134O17P2. The van der Waals surface area contributed by atoms with Crippen molar-refractivity contribution in [3.63, 3.8) is 0 Å². The second-order valence-electron chi connectivity index (χ2n) is 25.4. The topological polar surface area (TPSA) is 237 Å². The van der Waals surface area contributed by atoms with Crippen LogP contribution in [-0.2, 0) is 65.4 Å². The zero-order valence-corrected chi connectivity index (χ0v) is 60.4. The van der Waals surface area contributed by atoms with Crippen LogP contribution in [0.25, 0.3) is 0 Å². The van der Waals surface area contributed by atoms with Crippen LogP contribution in [0.5, 0.6) is 0 Å². The van der Waals surface area contributed by atoms with Crippen LogP contribution >= 0.6 is 15.6 Å². The predicted octanol–water partition coefficient (Wildman–Crippen LogP) is 20.4. The number of allylic oxidation sites excluding steroid dienone is 8. The second-order valence-corrected chi connectivity index (χ2v) is 28.3. The van der Waals surface area contributed by atoms with Crippen molar-refractivity contribution in [1.29, 1.82) is 0 Å². The van der Waals surface area contributed by atoms with Gasteiger partial charge in [-0.1, -0.05) is 276 Å². The van der Waals surface area contributed by atoms with Gasteiger partial charge in [-0.15, -0.1) is 0 Å². The molecule has 538 valence electrons. The molecule has 0 aliphatic heterocycles. The lowest BCUT2D eigenvalue weighted by atomic mass is 10.0. The summed E-state index contributed by atoms with van der Waals surface area (Å²) < 4.78 is 68.3. The fourth-order valence-electron chi connectivity index (χ4n) is 10.1. The van der Waals surface area contributed by atoms with Crippen LogP contribution in [0.2, 0.25) is 0 Å². The third-order valence-electron chi connectivity index (χ3n) is 15.8. The fourth-order valence-corrected chi connectivity index (χ4v) is 11.7. The van der Waals surface area contributed by atoms with E-state index in [2.05, 4.69) is 83.2 Å². The zero-order valence-electron chi connectivity index (χ0n) is 58.6. The van der Waals surface area contributed by atoms with Gasteiger partial charge in [-0.2, -0.15) is 0 Å². The van der Waals surface area contributed by atoms with E-state index in [1.54, 1.807) is 0 Å². The minimum absolute atomic E-state index is 0.0781. The van der Waals surface area contributed by atoms with Crippen LogP contribution in [0, 0.1) is 5.92 Å². The molecule has 3 N–H and O–H groups in total. The lowest BCUT2D eigenvalue weighted by Gasteiger charge is -2.21. The smallest absolute Gasteiger partial charge is 0.462 e. The van der Waals surface area contributed by atoms with Crippen molar-refractivity contribution in [2.24, 2.45) is 5.92 Å². The quantitative estimate of drug-likeness (QED) is 0.0169. The largest absolute Gasteiger partial charge is 0.472 e. The van der Waals surface area contributed by atoms with Crippen LogP contribution in [0.15, 0.2) is 48.6 Å². The summed E-state index contributed by atoms with van der Waals surface area (Å²) in [7, 11) is -9.93. The van der Waals surface area contributed by atoms with Gasteiger partial charge in [0, 0.05) is 25.7 Å². The molecule has 0 bridgehead atoms. The molecule has 0 saturated carbocycles. The van der Waals surface area contributed by atoms with Gasteiger partial charge in [0.25, 0.3) is 0 Å². The molecular weight excluding hydrogens is 1210 g/mol. The molecule has 0 aliphatic carbocycles. The molecule has 19 heteroatoms. The number of rotatable bonds is 69. The molecule has 0 aliphatic rings. The van der Waals surface area contributed by atoms with Crippen LogP contribution in [0.3, 0.4) is 0 Å². The molecule has 0 rings (SSSR count). The standard InChI is InChI=1S/C73H134O17P2/c1-6-9-12-15-18-21-24-26-28-30-33-36-42-47-52-57-71(76)84-62-68(89-72(77)58-53-48-43-37-34-31-29-27-25-22-19-16-13-10-7-2)64-87-91(79,80)85-60-67(74)61-86-92(81,82)88-65-69(90-73(78)59-54-49-44-39-38-40-45-50-55-66(4)5)63-83-70(75)56-51-46-41-35-32-23-20-17-14-11-8-3/h21-22,24-29,66-69,74H,6-20,23,30-65H2,1-5H3,(H,79,80)(H,81,82)/b24-21-,25-22-,28-26-,29-27-/t67-,68-,69-/m1/s1. The summed E-state index contributed by atoms with van der Waals surface area (Å²) in [6.07, 6.45) is 58.5.